The first kappa shape index (κ1) is 79.1. The number of alkyl halides is 3. The van der Waals surface area contributed by atoms with E-state index in [0.717, 1.165) is 68.7 Å². The number of amides is 11. The second-order valence-corrected chi connectivity index (χ2v) is 27.8. The predicted octanol–water partition coefficient (Wildman–Crippen LogP) is 6.10. The Morgan fingerprint density at radius 1 is 0.574 bits per heavy atom. The van der Waals surface area contributed by atoms with Crippen LogP contribution < -0.4 is 21.3 Å². The molecule has 1 aliphatic heterocycles. The van der Waals surface area contributed by atoms with Gasteiger partial charge in [0.1, 0.15) is 41.8 Å². The molecule has 0 radical (unpaired) electrons. The summed E-state index contributed by atoms with van der Waals surface area (Å²) in [7, 11) is 9.70. The van der Waals surface area contributed by atoms with Crippen molar-refractivity contribution in [3.8, 4) is 0 Å². The Bertz CT molecular complexity index is 2960. The minimum absolute atomic E-state index is 0.0408. The molecular weight excluding hydrogens is 1240 g/mol. The molecule has 524 valence electrons. The van der Waals surface area contributed by atoms with Gasteiger partial charge in [0, 0.05) is 73.2 Å². The van der Waals surface area contributed by atoms with Gasteiger partial charge in [0.2, 0.25) is 65.0 Å². The van der Waals surface area contributed by atoms with E-state index in [0.29, 0.717) is 29.0 Å². The van der Waals surface area contributed by atoms with Crippen LogP contribution in [-0.4, -0.2) is 216 Å². The van der Waals surface area contributed by atoms with Gasteiger partial charge < -0.3 is 55.6 Å². The fourth-order valence-electron chi connectivity index (χ4n) is 11.9. The van der Waals surface area contributed by atoms with Crippen LogP contribution in [0.4, 0.5) is 13.2 Å². The van der Waals surface area contributed by atoms with Crippen LogP contribution in [0.5, 0.6) is 0 Å². The molecule has 0 aromatic heterocycles. The summed E-state index contributed by atoms with van der Waals surface area (Å²) in [6, 6.07) is 2.57. The minimum Gasteiger partial charge on any atom is -0.351 e. The number of hydrogen-bond donors (Lipinski definition) is 4. The number of nitrogens with zero attached hydrogens (tertiary/aromatic N) is 7. The van der Waals surface area contributed by atoms with E-state index < -0.39 is 150 Å². The molecule has 0 spiro atoms. The summed E-state index contributed by atoms with van der Waals surface area (Å²) in [5.41, 5.74) is -1.69. The van der Waals surface area contributed by atoms with Gasteiger partial charge in [-0.15, -0.1) is 0 Å². The lowest BCUT2D eigenvalue weighted by Gasteiger charge is -2.38. The second-order valence-electron chi connectivity index (χ2n) is 27.4. The Balaban J connectivity index is 1.84. The van der Waals surface area contributed by atoms with Gasteiger partial charge in [-0.3, -0.25) is 52.7 Å². The number of nitrogens with one attached hydrogen (secondary N) is 4. The van der Waals surface area contributed by atoms with Crippen LogP contribution in [0, 0.1) is 23.7 Å². The van der Waals surface area contributed by atoms with Crippen molar-refractivity contribution in [1.82, 2.24) is 55.6 Å². The van der Waals surface area contributed by atoms with E-state index in [1.165, 1.54) is 85.1 Å². The molecule has 4 rings (SSSR count). The van der Waals surface area contributed by atoms with Gasteiger partial charge in [-0.2, -0.15) is 13.2 Å². The highest BCUT2D eigenvalue weighted by atomic mass is 35.5. The molecule has 2 aliphatic rings. The summed E-state index contributed by atoms with van der Waals surface area (Å²) in [5, 5.41) is 11.7. The molecule has 0 bridgehead atoms. The number of benzene rings is 2. The van der Waals surface area contributed by atoms with Gasteiger partial charge in [-0.1, -0.05) is 116 Å². The largest absolute Gasteiger partial charge is 0.416 e. The van der Waals surface area contributed by atoms with Crippen LogP contribution in [0.3, 0.4) is 0 Å². The summed E-state index contributed by atoms with van der Waals surface area (Å²) < 4.78 is 40.9. The third kappa shape index (κ3) is 23.0. The molecule has 8 atom stereocenters. The summed E-state index contributed by atoms with van der Waals surface area (Å²) in [4.78, 5) is 168. The molecule has 1 saturated carbocycles. The van der Waals surface area contributed by atoms with Crippen LogP contribution in [0.25, 0.3) is 0 Å². The molecule has 2 aromatic rings. The van der Waals surface area contributed by atoms with Gasteiger partial charge in [0.25, 0.3) is 0 Å². The third-order valence-corrected chi connectivity index (χ3v) is 18.3. The zero-order valence-corrected chi connectivity index (χ0v) is 58.7. The molecular formula is C68H103ClF3N11O11. The predicted molar refractivity (Wildman–Crippen MR) is 352 cm³/mol. The maximum absolute atomic E-state index is 15.0. The number of aryl methyl sites for hydroxylation is 1. The highest BCUT2D eigenvalue weighted by Crippen LogP contribution is 2.31. The number of carbonyl (C=O) groups is 11. The molecule has 1 saturated heterocycles. The maximum Gasteiger partial charge on any atom is 0.416 e. The monoisotopic (exact) mass is 1340 g/mol. The maximum atomic E-state index is 15.0. The van der Waals surface area contributed by atoms with Gasteiger partial charge in [0.15, 0.2) is 0 Å². The number of halogens is 4. The van der Waals surface area contributed by atoms with Crippen molar-refractivity contribution in [2.75, 3.05) is 69.0 Å². The Kier molecular flexibility index (Phi) is 29.8. The van der Waals surface area contributed by atoms with E-state index in [1.54, 1.807) is 38.1 Å². The lowest BCUT2D eigenvalue weighted by atomic mass is 9.84. The summed E-state index contributed by atoms with van der Waals surface area (Å²) in [6.45, 7) is 13.7. The smallest absolute Gasteiger partial charge is 0.351 e. The molecule has 2 fully saturated rings. The van der Waals surface area contributed by atoms with Crippen molar-refractivity contribution in [3.63, 3.8) is 0 Å². The molecule has 1 aliphatic carbocycles. The fourth-order valence-corrected chi connectivity index (χ4v) is 12.1. The zero-order chi connectivity index (χ0) is 70.9. The standard InChI is InChI=1S/C68H103ClF3N11O11/c1-17-43(6)59-65(93)79(12)39-57(86)77(10)40-58(87)81(14)54(37-47-25-30-49(69)31-26-47)64(92)78(11)38-55(84)74-50(32-27-45-23-28-48(29-24-45)68(70,71)72)63(91)82(15)52(34-42(4)5)62(90)76-67(8,9)66(94)83(16)51(33-41(2)3)60(88)73-44(7)35-56(85)80(13)53(61(89)75-59)36-46-21-19-18-20-22-46/h23-26,28-31,41-44,46,50-54,59H,17-22,27,32-40H2,1-16H3,(H,73,88)(H,74,84)(H,75,89)(H,76,90)/t43-,44+,50-,51-,52+,53-,54-,59-/m0/s1. The van der Waals surface area contributed by atoms with E-state index in [1.807, 2.05) is 34.6 Å². The lowest BCUT2D eigenvalue weighted by Crippen LogP contribution is -2.63. The van der Waals surface area contributed by atoms with Gasteiger partial charge in [0.05, 0.1) is 25.2 Å². The van der Waals surface area contributed by atoms with Crippen molar-refractivity contribution in [2.24, 2.45) is 23.7 Å². The number of rotatable bonds is 13. The first-order valence-electron chi connectivity index (χ1n) is 32.7. The first-order valence-corrected chi connectivity index (χ1v) is 33.1. The van der Waals surface area contributed by atoms with Crippen LogP contribution in [0.2, 0.25) is 5.02 Å². The average molecular weight is 1340 g/mol. The molecule has 2 aromatic carbocycles. The molecule has 1 heterocycles. The van der Waals surface area contributed by atoms with Gasteiger partial charge in [-0.05, 0) is 112 Å². The van der Waals surface area contributed by atoms with Crippen molar-refractivity contribution in [2.45, 2.75) is 200 Å². The first-order chi connectivity index (χ1) is 43.8. The van der Waals surface area contributed by atoms with Crippen LogP contribution in [-0.2, 0) is 71.8 Å². The topological polar surface area (TPSA) is 259 Å². The summed E-state index contributed by atoms with van der Waals surface area (Å²) >= 11 is 6.22. The van der Waals surface area contributed by atoms with Crippen LogP contribution >= 0.6 is 11.6 Å². The molecule has 22 nitrogen and oxygen atoms in total. The molecule has 94 heavy (non-hydrogen) atoms. The lowest BCUT2D eigenvalue weighted by molar-refractivity contribution is -0.149. The highest BCUT2D eigenvalue weighted by molar-refractivity contribution is 6.30. The number of carbonyl (C=O) groups excluding carboxylic acids is 11. The van der Waals surface area contributed by atoms with Gasteiger partial charge >= 0.3 is 6.18 Å². The fraction of sp³-hybridized carbons (Fsp3) is 0.662. The summed E-state index contributed by atoms with van der Waals surface area (Å²) in [5.74, 6) is -8.21. The number of hydrogen-bond acceptors (Lipinski definition) is 11. The van der Waals surface area contributed by atoms with Crippen LogP contribution in [0.15, 0.2) is 48.5 Å². The Morgan fingerprint density at radius 2 is 1.10 bits per heavy atom. The van der Waals surface area contributed by atoms with Crippen molar-refractivity contribution >= 4 is 76.6 Å². The molecule has 4 N–H and O–H groups in total. The van der Waals surface area contributed by atoms with Gasteiger partial charge in [-0.25, -0.2) is 0 Å². The normalized spacial score (nSPS) is 24.4. The van der Waals surface area contributed by atoms with E-state index >= 15 is 0 Å². The van der Waals surface area contributed by atoms with E-state index in [4.69, 9.17) is 11.6 Å². The van der Waals surface area contributed by atoms with E-state index in [9.17, 15) is 65.9 Å². The Hall–Kier alpha value is -7.31. The minimum atomic E-state index is -4.63. The molecule has 11 amide bonds. The van der Waals surface area contributed by atoms with Crippen molar-refractivity contribution in [1.29, 1.82) is 0 Å². The zero-order valence-electron chi connectivity index (χ0n) is 57.9. The van der Waals surface area contributed by atoms with E-state index in [2.05, 4.69) is 21.3 Å². The average Bonchev–Trinajstić information content (AvgIpc) is 0.837. The second kappa shape index (κ2) is 35.4. The Morgan fingerprint density at radius 3 is 1.65 bits per heavy atom. The van der Waals surface area contributed by atoms with E-state index in [-0.39, 0.29) is 56.3 Å². The van der Waals surface area contributed by atoms with Crippen molar-refractivity contribution in [3.05, 3.63) is 70.2 Å². The van der Waals surface area contributed by atoms with Crippen molar-refractivity contribution < 1.29 is 65.9 Å². The summed E-state index contributed by atoms with van der Waals surface area (Å²) in [6.07, 6.45) is 0.291. The quantitative estimate of drug-likeness (QED) is 0.178. The molecule has 26 heteroatoms. The molecule has 0 unspecified atom stereocenters. The Labute approximate surface area is 558 Å². The van der Waals surface area contributed by atoms with Crippen LogP contribution in [0.1, 0.15) is 150 Å². The highest BCUT2D eigenvalue weighted by Gasteiger charge is 2.43. The SMILES string of the molecule is CC[C@H](C)[C@@H]1NC(=O)[C@H](CC2CCCCC2)N(C)C(=O)C[C@@H](C)NC(=O)[C@H](CC(C)C)N(C)C(=O)C(C)(C)NC(=O)[C@@H](CC(C)C)N(C)C(=O)[C@H](CCc2ccc(C(F)(F)F)cc2)NC(=O)CN(C)C(=O)[C@H](Cc2ccc(Cl)cc2)N(C)C(=O)CN(C)C(=O)CN(C)C1=O. The number of likely N-dealkylation sites (N-methyl/N-ethyl adjacent to an activating group) is 7. The third-order valence-electron chi connectivity index (χ3n) is 18.1.